The molecule has 0 aliphatic rings. The number of aryl methyl sites for hydroxylation is 1. The monoisotopic (exact) mass is 318 g/mol. The van der Waals surface area contributed by atoms with Crippen LogP contribution in [0.2, 0.25) is 0 Å². The molecule has 1 atom stereocenters. The van der Waals surface area contributed by atoms with Gasteiger partial charge in [0, 0.05) is 24.2 Å². The number of rotatable bonds is 7. The molecule has 7 nitrogen and oxygen atoms in total. The van der Waals surface area contributed by atoms with E-state index in [0.717, 1.165) is 5.56 Å². The fourth-order valence-electron chi connectivity index (χ4n) is 1.94. The van der Waals surface area contributed by atoms with Crippen molar-refractivity contribution in [3.05, 3.63) is 30.2 Å². The van der Waals surface area contributed by atoms with Gasteiger partial charge in [0.15, 0.2) is 0 Å². The van der Waals surface area contributed by atoms with E-state index in [2.05, 4.69) is 20.8 Å². The Morgan fingerprint density at radius 2 is 2.00 bits per heavy atom. The molecule has 2 amide bonds. The quantitative estimate of drug-likeness (QED) is 0.728. The summed E-state index contributed by atoms with van der Waals surface area (Å²) in [4.78, 5) is 11.7. The predicted molar refractivity (Wildman–Crippen MR) is 87.0 cm³/mol. The van der Waals surface area contributed by atoms with E-state index >= 15 is 0 Å². The summed E-state index contributed by atoms with van der Waals surface area (Å²) in [6, 6.07) is 6.86. The van der Waals surface area contributed by atoms with Crippen LogP contribution >= 0.6 is 0 Å². The first-order valence-corrected chi connectivity index (χ1v) is 7.78. The standard InChI is InChI=1S/C16H22N4O3/c1-3-13(21)9-10-17-16(22)18-12-7-5-11(6-8-12)15-20-19-14(4-2)23-15/h5-8,13,21H,3-4,9-10H2,1-2H3,(H2,17,18,22). The van der Waals surface area contributed by atoms with Crippen molar-refractivity contribution in [3.8, 4) is 11.5 Å². The van der Waals surface area contributed by atoms with Gasteiger partial charge in [-0.05, 0) is 37.1 Å². The second kappa shape index (κ2) is 8.28. The molecule has 7 heteroatoms. The summed E-state index contributed by atoms with van der Waals surface area (Å²) in [5, 5.41) is 22.8. The zero-order valence-electron chi connectivity index (χ0n) is 13.4. The summed E-state index contributed by atoms with van der Waals surface area (Å²) < 4.78 is 5.48. The normalized spacial score (nSPS) is 12.0. The summed E-state index contributed by atoms with van der Waals surface area (Å²) >= 11 is 0. The first-order chi connectivity index (χ1) is 11.1. The van der Waals surface area contributed by atoms with E-state index in [-0.39, 0.29) is 12.1 Å². The molecule has 2 aromatic rings. The van der Waals surface area contributed by atoms with Gasteiger partial charge < -0.3 is 20.2 Å². The Bertz CT molecular complexity index is 625. The third kappa shape index (κ3) is 5.07. The molecular formula is C16H22N4O3. The molecule has 0 aliphatic carbocycles. The van der Waals surface area contributed by atoms with Crippen LogP contribution in [0.5, 0.6) is 0 Å². The molecule has 0 saturated carbocycles. The highest BCUT2D eigenvalue weighted by atomic mass is 16.4. The summed E-state index contributed by atoms with van der Waals surface area (Å²) in [5.41, 5.74) is 1.46. The molecular weight excluding hydrogens is 296 g/mol. The number of nitrogens with zero attached hydrogens (tertiary/aromatic N) is 2. The van der Waals surface area contributed by atoms with Crippen LogP contribution in [0.25, 0.3) is 11.5 Å². The zero-order valence-corrected chi connectivity index (χ0v) is 13.4. The smallest absolute Gasteiger partial charge is 0.319 e. The van der Waals surface area contributed by atoms with Crippen molar-refractivity contribution in [3.63, 3.8) is 0 Å². The molecule has 0 saturated heterocycles. The van der Waals surface area contributed by atoms with Gasteiger partial charge in [-0.2, -0.15) is 0 Å². The zero-order chi connectivity index (χ0) is 16.7. The van der Waals surface area contributed by atoms with Crippen LogP contribution in [0.4, 0.5) is 10.5 Å². The first-order valence-electron chi connectivity index (χ1n) is 7.78. The average molecular weight is 318 g/mol. The maximum atomic E-state index is 11.7. The Hall–Kier alpha value is -2.41. The van der Waals surface area contributed by atoms with E-state index in [1.165, 1.54) is 0 Å². The molecule has 1 aromatic heterocycles. The van der Waals surface area contributed by atoms with Crippen molar-refractivity contribution in [1.82, 2.24) is 15.5 Å². The van der Waals surface area contributed by atoms with E-state index in [1.54, 1.807) is 12.1 Å². The number of hydrogen-bond acceptors (Lipinski definition) is 5. The Labute approximate surface area is 135 Å². The number of carbonyl (C=O) groups excluding carboxylic acids is 1. The predicted octanol–water partition coefficient (Wildman–Crippen LogP) is 2.58. The Morgan fingerprint density at radius 1 is 1.26 bits per heavy atom. The van der Waals surface area contributed by atoms with E-state index in [9.17, 15) is 9.90 Å². The lowest BCUT2D eigenvalue weighted by molar-refractivity contribution is 0.160. The molecule has 2 rings (SSSR count). The summed E-state index contributed by atoms with van der Waals surface area (Å²) in [7, 11) is 0. The lowest BCUT2D eigenvalue weighted by Crippen LogP contribution is -2.31. The maximum Gasteiger partial charge on any atom is 0.319 e. The van der Waals surface area contributed by atoms with Gasteiger partial charge in [-0.1, -0.05) is 13.8 Å². The number of urea groups is 1. The minimum absolute atomic E-state index is 0.299. The lowest BCUT2D eigenvalue weighted by Gasteiger charge is -2.10. The minimum Gasteiger partial charge on any atom is -0.421 e. The van der Waals surface area contributed by atoms with Gasteiger partial charge in [0.2, 0.25) is 11.8 Å². The van der Waals surface area contributed by atoms with E-state index in [1.807, 2.05) is 26.0 Å². The summed E-state index contributed by atoms with van der Waals surface area (Å²) in [5.74, 6) is 1.06. The van der Waals surface area contributed by atoms with Crippen LogP contribution < -0.4 is 10.6 Å². The molecule has 23 heavy (non-hydrogen) atoms. The number of nitrogens with one attached hydrogen (secondary N) is 2. The average Bonchev–Trinajstić information content (AvgIpc) is 3.04. The van der Waals surface area contributed by atoms with Crippen molar-refractivity contribution >= 4 is 11.7 Å². The SMILES string of the molecule is CCc1nnc(-c2ccc(NC(=O)NCCC(O)CC)cc2)o1. The highest BCUT2D eigenvalue weighted by Crippen LogP contribution is 2.20. The Balaban J connectivity index is 1.86. The van der Waals surface area contributed by atoms with Crippen LogP contribution in [-0.4, -0.2) is 34.0 Å². The topological polar surface area (TPSA) is 100 Å². The molecule has 1 aromatic carbocycles. The van der Waals surface area contributed by atoms with Crippen molar-refractivity contribution in [2.75, 3.05) is 11.9 Å². The number of anilines is 1. The third-order valence-corrected chi connectivity index (χ3v) is 3.39. The molecule has 1 unspecified atom stereocenters. The van der Waals surface area contributed by atoms with Crippen molar-refractivity contribution in [1.29, 1.82) is 0 Å². The number of aliphatic hydroxyl groups is 1. The van der Waals surface area contributed by atoms with Crippen molar-refractivity contribution in [2.24, 2.45) is 0 Å². The van der Waals surface area contributed by atoms with Gasteiger partial charge in [0.25, 0.3) is 0 Å². The lowest BCUT2D eigenvalue weighted by atomic mass is 10.2. The number of aromatic nitrogens is 2. The molecule has 0 spiro atoms. The summed E-state index contributed by atoms with van der Waals surface area (Å²) in [6.45, 7) is 4.28. The number of hydrogen-bond donors (Lipinski definition) is 3. The van der Waals surface area contributed by atoms with Crippen molar-refractivity contribution in [2.45, 2.75) is 39.2 Å². The minimum atomic E-state index is -0.378. The van der Waals surface area contributed by atoms with Crippen molar-refractivity contribution < 1.29 is 14.3 Å². The van der Waals surface area contributed by atoms with E-state index in [0.29, 0.717) is 43.3 Å². The summed E-state index contributed by atoms with van der Waals surface area (Å²) in [6.07, 6.45) is 1.54. The van der Waals surface area contributed by atoms with Gasteiger partial charge in [-0.25, -0.2) is 4.79 Å². The Kier molecular flexibility index (Phi) is 6.10. The number of carbonyl (C=O) groups is 1. The fraction of sp³-hybridized carbons (Fsp3) is 0.438. The van der Waals surface area contributed by atoms with Gasteiger partial charge in [0.1, 0.15) is 0 Å². The second-order valence-corrected chi connectivity index (χ2v) is 5.16. The number of benzene rings is 1. The molecule has 3 N–H and O–H groups in total. The van der Waals surface area contributed by atoms with Crippen LogP contribution in [-0.2, 0) is 6.42 Å². The van der Waals surface area contributed by atoms with Crippen LogP contribution in [0, 0.1) is 0 Å². The van der Waals surface area contributed by atoms with E-state index < -0.39 is 0 Å². The van der Waals surface area contributed by atoms with E-state index in [4.69, 9.17) is 4.42 Å². The molecule has 1 heterocycles. The Morgan fingerprint density at radius 3 is 2.61 bits per heavy atom. The molecule has 0 radical (unpaired) electrons. The van der Waals surface area contributed by atoms with Crippen LogP contribution in [0.15, 0.2) is 28.7 Å². The van der Waals surface area contributed by atoms with Gasteiger partial charge >= 0.3 is 6.03 Å². The largest absolute Gasteiger partial charge is 0.421 e. The molecule has 124 valence electrons. The van der Waals surface area contributed by atoms with Gasteiger partial charge in [0.05, 0.1) is 6.10 Å². The fourth-order valence-corrected chi connectivity index (χ4v) is 1.94. The number of amides is 2. The molecule has 0 aliphatic heterocycles. The molecule has 0 bridgehead atoms. The highest BCUT2D eigenvalue weighted by Gasteiger charge is 2.08. The van der Waals surface area contributed by atoms with Crippen LogP contribution in [0.1, 0.15) is 32.6 Å². The number of aliphatic hydroxyl groups excluding tert-OH is 1. The van der Waals surface area contributed by atoms with Gasteiger partial charge in [-0.3, -0.25) is 0 Å². The molecule has 0 fully saturated rings. The van der Waals surface area contributed by atoms with Gasteiger partial charge in [-0.15, -0.1) is 10.2 Å². The highest BCUT2D eigenvalue weighted by molar-refractivity contribution is 5.89. The maximum absolute atomic E-state index is 11.7. The first kappa shape index (κ1) is 17.0. The third-order valence-electron chi connectivity index (χ3n) is 3.39. The second-order valence-electron chi connectivity index (χ2n) is 5.16. The van der Waals surface area contributed by atoms with Crippen LogP contribution in [0.3, 0.4) is 0 Å².